The highest BCUT2D eigenvalue weighted by atomic mass is 16.7. The topological polar surface area (TPSA) is 322 Å². The van der Waals surface area contributed by atoms with E-state index in [-0.39, 0.29) is 61.9 Å². The van der Waals surface area contributed by atoms with Crippen LogP contribution in [-0.4, -0.2) is 197 Å². The van der Waals surface area contributed by atoms with Crippen molar-refractivity contribution in [3.05, 3.63) is 65.2 Å². The number of hydrogen-bond acceptors (Lipinski definition) is 17. The molecule has 2 saturated heterocycles. The van der Waals surface area contributed by atoms with E-state index in [1.165, 1.54) is 32.2 Å². The monoisotopic (exact) mass is 1130 g/mol. The van der Waals surface area contributed by atoms with E-state index in [1.54, 1.807) is 77.8 Å². The molecule has 2 aliphatic heterocycles. The zero-order valence-electron chi connectivity index (χ0n) is 48.7. The van der Waals surface area contributed by atoms with E-state index >= 15 is 0 Å². The van der Waals surface area contributed by atoms with Crippen LogP contribution in [0.5, 0.6) is 5.75 Å². The second kappa shape index (κ2) is 31.6. The van der Waals surface area contributed by atoms with Crippen molar-refractivity contribution in [2.75, 3.05) is 48.0 Å². The molecular weight excluding hydrogens is 1040 g/mol. The van der Waals surface area contributed by atoms with Crippen LogP contribution >= 0.6 is 0 Å². The van der Waals surface area contributed by atoms with Gasteiger partial charge >= 0.3 is 6.09 Å². The van der Waals surface area contributed by atoms with Gasteiger partial charge in [-0.25, -0.2) is 4.79 Å². The van der Waals surface area contributed by atoms with Crippen molar-refractivity contribution in [3.63, 3.8) is 0 Å². The Bertz CT molecular complexity index is 2310. The number of carbonyl (C=O) groups is 6. The van der Waals surface area contributed by atoms with Gasteiger partial charge in [0, 0.05) is 59.9 Å². The lowest BCUT2D eigenvalue weighted by atomic mass is 9.89. The zero-order chi connectivity index (χ0) is 59.7. The van der Waals surface area contributed by atoms with Crippen LogP contribution in [0.2, 0.25) is 0 Å². The molecule has 450 valence electrons. The number of nitrogens with one attached hydrogen (secondary N) is 3. The number of methoxy groups -OCH3 is 2. The van der Waals surface area contributed by atoms with Gasteiger partial charge in [0.2, 0.25) is 35.8 Å². The summed E-state index contributed by atoms with van der Waals surface area (Å²) in [6.45, 7) is 13.9. The smallest absolute Gasteiger partial charge is 0.410 e. The number of nitrogens with zero attached hydrogens (tertiary/aromatic N) is 3. The molecule has 80 heavy (non-hydrogen) atoms. The molecule has 0 radical (unpaired) electrons. The van der Waals surface area contributed by atoms with E-state index in [1.807, 2.05) is 32.0 Å². The first-order chi connectivity index (χ1) is 37.9. The molecule has 0 spiro atoms. The lowest BCUT2D eigenvalue weighted by molar-refractivity contribution is -0.277. The molecule has 0 aliphatic carbocycles. The van der Waals surface area contributed by atoms with Gasteiger partial charge in [-0.15, -0.1) is 0 Å². The fraction of sp³-hybridized carbons (Fsp3) is 0.684. The summed E-state index contributed by atoms with van der Waals surface area (Å²) in [5.74, 6) is -3.63. The number of aliphatic hydroxyl groups excluding tert-OH is 5. The summed E-state index contributed by atoms with van der Waals surface area (Å²) in [7, 11) is 6.05. The van der Waals surface area contributed by atoms with Crippen LogP contribution in [0.3, 0.4) is 0 Å². The predicted octanol–water partition coefficient (Wildman–Crippen LogP) is 1.72. The number of benzene rings is 2. The number of aliphatic hydroxyl groups is 5. The zero-order valence-corrected chi connectivity index (χ0v) is 48.7. The molecule has 2 aromatic carbocycles. The summed E-state index contributed by atoms with van der Waals surface area (Å²) in [4.78, 5) is 87.9. The first kappa shape index (κ1) is 67.0. The third-order valence-electron chi connectivity index (χ3n) is 15.5. The van der Waals surface area contributed by atoms with Crippen LogP contribution in [-0.2, 0) is 56.1 Å². The average molecular weight is 1130 g/mol. The summed E-state index contributed by atoms with van der Waals surface area (Å²) in [6, 6.07) is 9.79. The number of likely N-dealkylation sites (tertiary alicyclic amines) is 1. The fourth-order valence-corrected chi connectivity index (χ4v) is 10.6. The molecule has 2 aromatic rings. The van der Waals surface area contributed by atoms with E-state index in [9.17, 15) is 54.3 Å². The summed E-state index contributed by atoms with van der Waals surface area (Å²) >= 11 is 0. The van der Waals surface area contributed by atoms with Gasteiger partial charge in [0.25, 0.3) is 0 Å². The Labute approximate surface area is 471 Å². The van der Waals surface area contributed by atoms with E-state index in [0.29, 0.717) is 42.5 Å². The van der Waals surface area contributed by atoms with Gasteiger partial charge in [-0.3, -0.25) is 28.9 Å². The van der Waals surface area contributed by atoms with Crippen molar-refractivity contribution in [2.24, 2.45) is 29.4 Å². The van der Waals surface area contributed by atoms with E-state index in [2.05, 4.69) is 16.0 Å². The number of carbonyl (C=O) groups excluding carboxylic acids is 6. The standard InChI is InChI=1S/C57H91N7O16/c1-13-33(6)47(41(76-11)27-44(67)64-25-17-20-39(64)52(77-12)34(7)53(72)60-35(8)48(68)37-18-15-14-16-19-37)62(9)55(74)45(31(2)3)61-54(73)46(32(4)5)63(10)57(75)78-30-36-21-22-40(38(26-36)28-59-43(66)23-24-58)79-56-51(71)50(70)49(69)42(29-65)80-56/h14-16,18-19,21-22,26,31-35,39,41-42,45-52,56,65,68-71H,13,17,20,23-25,27-30,58H2,1-12H3,(H,59,66)(H,60,72)(H,61,73)/t33-,34+,35+,39-,41+,42+,45-,46-,47-,48+,49+,50-,51+,52+,56+/m0/s1. The molecule has 4 rings (SSSR count). The lowest BCUT2D eigenvalue weighted by Crippen LogP contribution is -2.60. The van der Waals surface area contributed by atoms with Crippen molar-refractivity contribution in [3.8, 4) is 5.75 Å². The normalized spacial score (nSPS) is 22.7. The quantitative estimate of drug-likeness (QED) is 0.0560. The number of ether oxygens (including phenoxy) is 5. The van der Waals surface area contributed by atoms with E-state index in [0.717, 1.165) is 4.90 Å². The van der Waals surface area contributed by atoms with Crippen molar-refractivity contribution >= 4 is 35.6 Å². The van der Waals surface area contributed by atoms with Gasteiger partial charge in [-0.2, -0.15) is 0 Å². The molecule has 0 aromatic heterocycles. The number of likely N-dealkylation sites (N-methyl/N-ethyl adjacent to an activating group) is 2. The van der Waals surface area contributed by atoms with Crippen molar-refractivity contribution in [1.29, 1.82) is 0 Å². The number of rotatable bonds is 29. The lowest BCUT2D eigenvalue weighted by Gasteiger charge is -2.41. The maximum Gasteiger partial charge on any atom is 0.410 e. The second-order valence-corrected chi connectivity index (χ2v) is 21.9. The minimum Gasteiger partial charge on any atom is -0.462 e. The molecule has 10 N–H and O–H groups in total. The first-order valence-electron chi connectivity index (χ1n) is 27.8. The molecule has 2 aliphatic rings. The van der Waals surface area contributed by atoms with Crippen LogP contribution in [0.1, 0.15) is 110 Å². The Morgan fingerprint density at radius 3 is 2.12 bits per heavy atom. The minimum absolute atomic E-state index is 0.0287. The highest BCUT2D eigenvalue weighted by molar-refractivity contribution is 5.92. The van der Waals surface area contributed by atoms with Gasteiger partial charge in [0.05, 0.1) is 55.4 Å². The Morgan fingerprint density at radius 2 is 1.54 bits per heavy atom. The Kier molecular flexibility index (Phi) is 26.5. The molecular formula is C57H91N7O16. The van der Waals surface area contributed by atoms with Crippen LogP contribution in [0.25, 0.3) is 0 Å². The average Bonchev–Trinajstić information content (AvgIpc) is 3.94. The molecule has 15 atom stereocenters. The predicted molar refractivity (Wildman–Crippen MR) is 295 cm³/mol. The van der Waals surface area contributed by atoms with Crippen LogP contribution in [0, 0.1) is 23.7 Å². The molecule has 2 heterocycles. The molecule has 23 nitrogen and oxygen atoms in total. The van der Waals surface area contributed by atoms with Gasteiger partial charge in [0.15, 0.2) is 0 Å². The number of nitrogens with two attached hydrogens (primary N) is 1. The molecule has 0 saturated carbocycles. The largest absolute Gasteiger partial charge is 0.462 e. The highest BCUT2D eigenvalue weighted by Crippen LogP contribution is 2.32. The van der Waals surface area contributed by atoms with Crippen LogP contribution in [0.4, 0.5) is 4.79 Å². The summed E-state index contributed by atoms with van der Waals surface area (Å²) in [6.07, 6.45) is -9.19. The molecule has 6 amide bonds. The van der Waals surface area contributed by atoms with Crippen LogP contribution < -0.4 is 26.4 Å². The molecule has 0 unspecified atom stereocenters. The van der Waals surface area contributed by atoms with Crippen molar-refractivity contribution in [2.45, 2.75) is 180 Å². The van der Waals surface area contributed by atoms with Gasteiger partial charge in [-0.1, -0.05) is 91.3 Å². The third-order valence-corrected chi connectivity index (χ3v) is 15.5. The third kappa shape index (κ3) is 17.3. The van der Waals surface area contributed by atoms with Gasteiger partial charge in [0.1, 0.15) is 48.9 Å². The second-order valence-electron chi connectivity index (χ2n) is 21.9. The molecule has 23 heteroatoms. The van der Waals surface area contributed by atoms with E-state index in [4.69, 9.17) is 29.4 Å². The number of amides is 6. The number of hydrogen-bond donors (Lipinski definition) is 9. The maximum atomic E-state index is 14.8. The first-order valence-corrected chi connectivity index (χ1v) is 27.8. The van der Waals surface area contributed by atoms with E-state index < -0.39 is 121 Å². The van der Waals surface area contributed by atoms with Crippen LogP contribution in [0.15, 0.2) is 48.5 Å². The molecule has 0 bridgehead atoms. The minimum atomic E-state index is -1.71. The van der Waals surface area contributed by atoms with Gasteiger partial charge in [-0.05, 0) is 60.8 Å². The van der Waals surface area contributed by atoms with Crippen molar-refractivity contribution < 1.29 is 78.0 Å². The molecule has 2 fully saturated rings. The fourth-order valence-electron chi connectivity index (χ4n) is 10.6. The van der Waals surface area contributed by atoms with Gasteiger partial charge < -0.3 is 80.7 Å². The van der Waals surface area contributed by atoms with Crippen molar-refractivity contribution in [1.82, 2.24) is 30.7 Å². The Balaban J connectivity index is 1.47. The summed E-state index contributed by atoms with van der Waals surface area (Å²) in [5.41, 5.74) is 7.00. The Morgan fingerprint density at radius 1 is 0.863 bits per heavy atom. The summed E-state index contributed by atoms with van der Waals surface area (Å²) in [5, 5.41) is 60.4. The highest BCUT2D eigenvalue weighted by Gasteiger charge is 2.46. The SMILES string of the molecule is CC[C@H](C)[C@@H]([C@@H](CC(=O)N1CCC[C@H]1[C@H](OC)[C@@H](C)C(=O)N[C@H](C)[C@@H](O)c1ccccc1)OC)N(C)C(=O)[C@@H](NC(=O)[C@H](C(C)C)N(C)C(=O)OCc1ccc(O[C@@H]2O[C@H](CO)[C@@H](O)[C@H](O)[C@H]2O)c(CNC(=O)CCN)c1)C(C)C. The maximum absolute atomic E-state index is 14.8. The Hall–Kier alpha value is -5.50. The summed E-state index contributed by atoms with van der Waals surface area (Å²) < 4.78 is 29.1.